The predicted octanol–water partition coefficient (Wildman–Crippen LogP) is -0.766. The highest BCUT2D eigenvalue weighted by Gasteiger charge is 1.91. The lowest BCUT2D eigenvalue weighted by molar-refractivity contribution is 0.596. The Balaban J connectivity index is 3.04. The number of aromatic nitrogens is 2. The molecule has 1 aromatic heterocycles. The summed E-state index contributed by atoms with van der Waals surface area (Å²) in [6, 6.07) is -0.00463. The van der Waals surface area contributed by atoms with Gasteiger partial charge in [-0.05, 0) is 0 Å². The molecule has 38 valence electrons. The van der Waals surface area contributed by atoms with E-state index in [4.69, 9.17) is 11.5 Å². The van der Waals surface area contributed by atoms with Gasteiger partial charge in [-0.15, -0.1) is 0 Å². The average Bonchev–Trinajstić information content (AvgIpc) is 1.87. The molecule has 0 atom stereocenters. The molecule has 1 aromatic rings. The van der Waals surface area contributed by atoms with Gasteiger partial charge in [-0.1, -0.05) is 10.2 Å². The second-order valence-electron chi connectivity index (χ2n) is 0.979. The van der Waals surface area contributed by atoms with Gasteiger partial charge in [0.05, 0.1) is 0 Å². The monoisotopic (exact) mass is 100 g/mol. The molecule has 0 fully saturated rings. The second kappa shape index (κ2) is 1.11. The van der Waals surface area contributed by atoms with Crippen LogP contribution in [0.15, 0.2) is 4.42 Å². The van der Waals surface area contributed by atoms with Gasteiger partial charge in [0.15, 0.2) is 0 Å². The Hall–Kier alpha value is -1.26. The summed E-state index contributed by atoms with van der Waals surface area (Å²) < 4.78 is 4.42. The van der Waals surface area contributed by atoms with E-state index in [1.807, 2.05) is 0 Å². The van der Waals surface area contributed by atoms with Crippen molar-refractivity contribution in [3.05, 3.63) is 0 Å². The largest absolute Gasteiger partial charge is 0.390 e. The molecule has 0 spiro atoms. The summed E-state index contributed by atoms with van der Waals surface area (Å²) in [6.07, 6.45) is 0. The Bertz CT molecular complexity index is 142. The molecule has 0 aromatic carbocycles. The van der Waals surface area contributed by atoms with E-state index in [0.717, 1.165) is 0 Å². The van der Waals surface area contributed by atoms with Crippen LogP contribution in [0.2, 0.25) is 0 Å². The lowest BCUT2D eigenvalue weighted by atomic mass is 11.2. The Kier molecular flexibility index (Phi) is 0.619. The van der Waals surface area contributed by atoms with Crippen LogP contribution in [-0.4, -0.2) is 10.2 Å². The highest BCUT2D eigenvalue weighted by atomic mass is 16.4. The molecule has 1 heterocycles. The molecule has 0 aliphatic heterocycles. The van der Waals surface area contributed by atoms with Crippen molar-refractivity contribution in [1.29, 1.82) is 0 Å². The quantitative estimate of drug-likeness (QED) is 0.447. The number of nitrogen functional groups attached to an aromatic ring is 2. The summed E-state index contributed by atoms with van der Waals surface area (Å²) in [4.78, 5) is 0. The maximum Gasteiger partial charge on any atom is 0.314 e. The Morgan fingerprint density at radius 1 is 1.14 bits per heavy atom. The molecule has 0 bridgehead atoms. The molecular formula is C2H4N4O. The van der Waals surface area contributed by atoms with Crippen LogP contribution in [0, 0.1) is 0 Å². The first-order valence-electron chi connectivity index (χ1n) is 1.63. The van der Waals surface area contributed by atoms with Crippen molar-refractivity contribution in [2.24, 2.45) is 0 Å². The van der Waals surface area contributed by atoms with Crippen LogP contribution in [0.1, 0.15) is 0 Å². The zero-order valence-corrected chi connectivity index (χ0v) is 3.46. The van der Waals surface area contributed by atoms with E-state index in [0.29, 0.717) is 0 Å². The summed E-state index contributed by atoms with van der Waals surface area (Å²) in [5.41, 5.74) is 9.92. The van der Waals surface area contributed by atoms with E-state index in [1.165, 1.54) is 0 Å². The maximum absolute atomic E-state index is 4.96. The van der Waals surface area contributed by atoms with E-state index in [1.54, 1.807) is 0 Å². The molecular weight excluding hydrogens is 96.0 g/mol. The zero-order chi connectivity index (χ0) is 5.28. The first kappa shape index (κ1) is 3.91. The normalized spacial score (nSPS) is 9.14. The van der Waals surface area contributed by atoms with Gasteiger partial charge < -0.3 is 15.9 Å². The van der Waals surface area contributed by atoms with Gasteiger partial charge in [0, 0.05) is 0 Å². The van der Waals surface area contributed by atoms with Gasteiger partial charge in [-0.3, -0.25) is 0 Å². The Morgan fingerprint density at radius 3 is 1.71 bits per heavy atom. The summed E-state index contributed by atoms with van der Waals surface area (Å²) in [5, 5.41) is 6.50. The standard InChI is InChI=1S/C2H4N4O/c3-1-5-6-2(4)7-1/h(H2,3,5)(H2,4,6). The number of nitrogens with zero attached hydrogens (tertiary/aromatic N) is 2. The smallest absolute Gasteiger partial charge is 0.314 e. The van der Waals surface area contributed by atoms with Crippen LogP contribution < -0.4 is 11.5 Å². The first-order valence-corrected chi connectivity index (χ1v) is 1.63. The summed E-state index contributed by atoms with van der Waals surface area (Å²) in [6.45, 7) is 0. The molecule has 0 aliphatic carbocycles. The van der Waals surface area contributed by atoms with E-state index >= 15 is 0 Å². The lowest BCUT2D eigenvalue weighted by Gasteiger charge is -1.71. The third-order valence-corrected chi connectivity index (χ3v) is 0.456. The molecule has 0 saturated carbocycles. The molecule has 4 N–H and O–H groups in total. The van der Waals surface area contributed by atoms with E-state index in [9.17, 15) is 0 Å². The summed E-state index contributed by atoms with van der Waals surface area (Å²) in [5.74, 6) is 0. The minimum absolute atomic E-state index is 0.00231. The van der Waals surface area contributed by atoms with E-state index < -0.39 is 0 Å². The van der Waals surface area contributed by atoms with Gasteiger partial charge in [-0.25, -0.2) is 0 Å². The number of hydrogen-bond donors (Lipinski definition) is 2. The molecule has 0 unspecified atom stereocenters. The van der Waals surface area contributed by atoms with Crippen molar-refractivity contribution in [2.45, 2.75) is 0 Å². The minimum Gasteiger partial charge on any atom is -0.390 e. The number of hydrogen-bond acceptors (Lipinski definition) is 5. The Labute approximate surface area is 39.3 Å². The topological polar surface area (TPSA) is 91.0 Å². The third kappa shape index (κ3) is 0.594. The molecule has 7 heavy (non-hydrogen) atoms. The van der Waals surface area contributed by atoms with Crippen molar-refractivity contribution in [1.82, 2.24) is 10.2 Å². The third-order valence-electron chi connectivity index (χ3n) is 0.456. The average molecular weight is 100 g/mol. The lowest BCUT2D eigenvalue weighted by Crippen LogP contribution is -1.81. The van der Waals surface area contributed by atoms with Crippen LogP contribution in [0.3, 0.4) is 0 Å². The minimum atomic E-state index is -0.00231. The van der Waals surface area contributed by atoms with Crippen molar-refractivity contribution in [3.8, 4) is 0 Å². The van der Waals surface area contributed by atoms with E-state index in [2.05, 4.69) is 14.6 Å². The van der Waals surface area contributed by atoms with Gasteiger partial charge in [0.1, 0.15) is 0 Å². The number of nitrogens with two attached hydrogens (primary N) is 2. The predicted molar refractivity (Wildman–Crippen MR) is 23.1 cm³/mol. The fourth-order valence-corrected chi connectivity index (χ4v) is 0.247. The summed E-state index contributed by atoms with van der Waals surface area (Å²) >= 11 is 0. The van der Waals surface area contributed by atoms with Crippen LogP contribution in [0.25, 0.3) is 0 Å². The Morgan fingerprint density at radius 2 is 1.57 bits per heavy atom. The molecule has 0 saturated heterocycles. The maximum atomic E-state index is 4.96. The van der Waals surface area contributed by atoms with Crippen molar-refractivity contribution in [3.63, 3.8) is 0 Å². The second-order valence-corrected chi connectivity index (χ2v) is 0.979. The molecule has 0 aliphatic rings. The van der Waals surface area contributed by atoms with Crippen molar-refractivity contribution >= 4 is 12.0 Å². The highest BCUT2D eigenvalue weighted by molar-refractivity contribution is 5.14. The number of rotatable bonds is 0. The molecule has 1 rings (SSSR count). The van der Waals surface area contributed by atoms with Crippen LogP contribution in [0.5, 0.6) is 0 Å². The van der Waals surface area contributed by atoms with Crippen molar-refractivity contribution in [2.75, 3.05) is 11.5 Å². The van der Waals surface area contributed by atoms with Gasteiger partial charge >= 0.3 is 12.0 Å². The van der Waals surface area contributed by atoms with Crippen LogP contribution in [-0.2, 0) is 0 Å². The van der Waals surface area contributed by atoms with Gasteiger partial charge in [0.25, 0.3) is 0 Å². The molecule has 5 heteroatoms. The fraction of sp³-hybridized carbons (Fsp3) is 0. The first-order chi connectivity index (χ1) is 3.29. The molecule has 0 amide bonds. The highest BCUT2D eigenvalue weighted by Crippen LogP contribution is 1.98. The van der Waals surface area contributed by atoms with E-state index in [-0.39, 0.29) is 12.0 Å². The number of anilines is 2. The van der Waals surface area contributed by atoms with Crippen LogP contribution in [0.4, 0.5) is 12.0 Å². The molecule has 0 radical (unpaired) electrons. The zero-order valence-electron chi connectivity index (χ0n) is 3.46. The van der Waals surface area contributed by atoms with Gasteiger partial charge in [0.2, 0.25) is 0 Å². The van der Waals surface area contributed by atoms with Crippen LogP contribution >= 0.6 is 0 Å². The van der Waals surface area contributed by atoms with Crippen molar-refractivity contribution < 1.29 is 4.42 Å². The molecule has 5 nitrogen and oxygen atoms in total. The van der Waals surface area contributed by atoms with Gasteiger partial charge in [-0.2, -0.15) is 0 Å². The summed E-state index contributed by atoms with van der Waals surface area (Å²) in [7, 11) is 0. The SMILES string of the molecule is Nc1nnc(N)o1. The fourth-order valence-electron chi connectivity index (χ4n) is 0.247.